The molecule has 1 aliphatic rings. The Morgan fingerprint density at radius 1 is 1.38 bits per heavy atom. The van der Waals surface area contributed by atoms with Crippen molar-refractivity contribution in [3.05, 3.63) is 29.3 Å². The minimum atomic E-state index is -0.374. The summed E-state index contributed by atoms with van der Waals surface area (Å²) in [5, 5.41) is 12.6. The number of benzene rings is 1. The second-order valence-electron chi connectivity index (χ2n) is 5.93. The standard InChI is InChI=1S/C14H21NO/c1-14(2,3)9-10-4-6-12-11(8-10)5-7-13(16)15-12/h4,6,8,13,15-16H,5,7,9H2,1-3H3. The maximum Gasteiger partial charge on any atom is 0.124 e. The summed E-state index contributed by atoms with van der Waals surface area (Å²) in [4.78, 5) is 0. The number of hydrogen-bond donors (Lipinski definition) is 2. The summed E-state index contributed by atoms with van der Waals surface area (Å²) in [6.45, 7) is 6.78. The average molecular weight is 219 g/mol. The highest BCUT2D eigenvalue weighted by Gasteiger charge is 2.17. The Morgan fingerprint density at radius 2 is 2.12 bits per heavy atom. The molecule has 0 saturated carbocycles. The largest absolute Gasteiger partial charge is 0.374 e. The van der Waals surface area contributed by atoms with E-state index in [1.54, 1.807) is 0 Å². The topological polar surface area (TPSA) is 32.3 Å². The first kappa shape index (κ1) is 11.5. The Bertz CT molecular complexity index is 379. The fraction of sp³-hybridized carbons (Fsp3) is 0.571. The predicted molar refractivity (Wildman–Crippen MR) is 67.6 cm³/mol. The van der Waals surface area contributed by atoms with Gasteiger partial charge in [0.2, 0.25) is 0 Å². The summed E-state index contributed by atoms with van der Waals surface area (Å²) in [7, 11) is 0. The second-order valence-corrected chi connectivity index (χ2v) is 5.93. The summed E-state index contributed by atoms with van der Waals surface area (Å²) < 4.78 is 0. The van der Waals surface area contributed by atoms with Gasteiger partial charge in [0.25, 0.3) is 0 Å². The molecule has 2 N–H and O–H groups in total. The fourth-order valence-corrected chi connectivity index (χ4v) is 2.26. The molecule has 16 heavy (non-hydrogen) atoms. The number of anilines is 1. The summed E-state index contributed by atoms with van der Waals surface area (Å²) in [6, 6.07) is 6.54. The number of aliphatic hydroxyl groups is 1. The van der Waals surface area contributed by atoms with Crippen LogP contribution in [0.3, 0.4) is 0 Å². The van der Waals surface area contributed by atoms with Crippen LogP contribution in [0.2, 0.25) is 0 Å². The van der Waals surface area contributed by atoms with Crippen LogP contribution < -0.4 is 5.32 Å². The molecule has 2 nitrogen and oxygen atoms in total. The average Bonchev–Trinajstić information content (AvgIpc) is 2.16. The molecule has 2 rings (SSSR count). The van der Waals surface area contributed by atoms with Crippen molar-refractivity contribution in [1.29, 1.82) is 0 Å². The third-order valence-electron chi connectivity index (χ3n) is 2.91. The van der Waals surface area contributed by atoms with Gasteiger partial charge in [-0.1, -0.05) is 32.9 Å². The van der Waals surface area contributed by atoms with Crippen molar-refractivity contribution in [2.24, 2.45) is 5.41 Å². The molecular formula is C14H21NO. The summed E-state index contributed by atoms with van der Waals surface area (Å²) >= 11 is 0. The Balaban J connectivity index is 2.20. The molecule has 0 amide bonds. The fourth-order valence-electron chi connectivity index (χ4n) is 2.26. The molecule has 1 aliphatic heterocycles. The molecule has 1 heterocycles. The zero-order chi connectivity index (χ0) is 11.8. The van der Waals surface area contributed by atoms with Crippen LogP contribution in [0.1, 0.15) is 38.3 Å². The van der Waals surface area contributed by atoms with Crippen LogP contribution in [0.5, 0.6) is 0 Å². The molecule has 0 aromatic heterocycles. The Kier molecular flexibility index (Phi) is 2.94. The smallest absolute Gasteiger partial charge is 0.124 e. The molecule has 0 spiro atoms. The number of hydrogen-bond acceptors (Lipinski definition) is 2. The van der Waals surface area contributed by atoms with Crippen LogP contribution in [0.15, 0.2) is 18.2 Å². The highest BCUT2D eigenvalue weighted by molar-refractivity contribution is 5.54. The summed E-state index contributed by atoms with van der Waals surface area (Å²) in [5.74, 6) is 0. The highest BCUT2D eigenvalue weighted by atomic mass is 16.3. The predicted octanol–water partition coefficient (Wildman–Crippen LogP) is 2.95. The van der Waals surface area contributed by atoms with Crippen LogP contribution in [0.4, 0.5) is 5.69 Å². The van der Waals surface area contributed by atoms with Gasteiger partial charge in [0, 0.05) is 5.69 Å². The van der Waals surface area contributed by atoms with Crippen molar-refractivity contribution >= 4 is 5.69 Å². The van der Waals surface area contributed by atoms with Crippen molar-refractivity contribution in [1.82, 2.24) is 0 Å². The van der Waals surface area contributed by atoms with E-state index in [9.17, 15) is 5.11 Å². The monoisotopic (exact) mass is 219 g/mol. The highest BCUT2D eigenvalue weighted by Crippen LogP contribution is 2.28. The Hall–Kier alpha value is -1.02. The number of rotatable bonds is 1. The molecule has 1 aromatic carbocycles. The minimum Gasteiger partial charge on any atom is -0.374 e. The maximum atomic E-state index is 9.50. The lowest BCUT2D eigenvalue weighted by Gasteiger charge is -2.25. The normalized spacial score (nSPS) is 20.1. The van der Waals surface area contributed by atoms with Crippen molar-refractivity contribution in [2.45, 2.75) is 46.3 Å². The van der Waals surface area contributed by atoms with Gasteiger partial charge in [-0.25, -0.2) is 0 Å². The van der Waals surface area contributed by atoms with Crippen molar-refractivity contribution < 1.29 is 5.11 Å². The number of fused-ring (bicyclic) bond motifs is 1. The third kappa shape index (κ3) is 2.76. The molecule has 0 bridgehead atoms. The first-order chi connectivity index (χ1) is 7.44. The number of aryl methyl sites for hydroxylation is 1. The van der Waals surface area contributed by atoms with E-state index in [0.29, 0.717) is 5.41 Å². The van der Waals surface area contributed by atoms with Gasteiger partial charge in [-0.2, -0.15) is 0 Å². The molecule has 0 aliphatic carbocycles. The first-order valence-corrected chi connectivity index (χ1v) is 6.00. The molecule has 0 saturated heterocycles. The molecule has 88 valence electrons. The molecule has 1 aromatic rings. The zero-order valence-corrected chi connectivity index (χ0v) is 10.4. The van der Waals surface area contributed by atoms with E-state index in [1.165, 1.54) is 11.1 Å². The van der Waals surface area contributed by atoms with Crippen molar-refractivity contribution in [3.63, 3.8) is 0 Å². The molecule has 2 heteroatoms. The quantitative estimate of drug-likeness (QED) is 0.761. The van der Waals surface area contributed by atoms with E-state index in [-0.39, 0.29) is 6.23 Å². The van der Waals surface area contributed by atoms with E-state index < -0.39 is 0 Å². The lowest BCUT2D eigenvalue weighted by Crippen LogP contribution is -2.24. The van der Waals surface area contributed by atoms with E-state index in [4.69, 9.17) is 0 Å². The van der Waals surface area contributed by atoms with Gasteiger partial charge in [0.05, 0.1) is 0 Å². The molecule has 0 radical (unpaired) electrons. The lowest BCUT2D eigenvalue weighted by molar-refractivity contribution is 0.189. The van der Waals surface area contributed by atoms with Gasteiger partial charge in [-0.15, -0.1) is 0 Å². The van der Waals surface area contributed by atoms with Crippen LogP contribution >= 0.6 is 0 Å². The SMILES string of the molecule is CC(C)(C)Cc1ccc2c(c1)CCC(O)N2. The van der Waals surface area contributed by atoms with Gasteiger partial charge in [-0.05, 0) is 41.9 Å². The van der Waals surface area contributed by atoms with Gasteiger partial charge in [0.1, 0.15) is 6.23 Å². The van der Waals surface area contributed by atoms with Crippen LogP contribution in [0, 0.1) is 5.41 Å². The zero-order valence-electron chi connectivity index (χ0n) is 10.4. The number of aliphatic hydroxyl groups excluding tert-OH is 1. The Labute approximate surface area is 97.7 Å². The van der Waals surface area contributed by atoms with Gasteiger partial charge < -0.3 is 10.4 Å². The van der Waals surface area contributed by atoms with E-state index in [1.807, 2.05) is 0 Å². The van der Waals surface area contributed by atoms with Gasteiger partial charge in [-0.3, -0.25) is 0 Å². The van der Waals surface area contributed by atoms with Crippen molar-refractivity contribution in [2.75, 3.05) is 5.32 Å². The lowest BCUT2D eigenvalue weighted by atomic mass is 9.87. The molecular weight excluding hydrogens is 198 g/mol. The van der Waals surface area contributed by atoms with E-state index in [2.05, 4.69) is 44.3 Å². The van der Waals surface area contributed by atoms with E-state index >= 15 is 0 Å². The van der Waals surface area contributed by atoms with E-state index in [0.717, 1.165) is 24.9 Å². The van der Waals surface area contributed by atoms with Gasteiger partial charge >= 0.3 is 0 Å². The van der Waals surface area contributed by atoms with Crippen LogP contribution in [-0.4, -0.2) is 11.3 Å². The first-order valence-electron chi connectivity index (χ1n) is 6.00. The number of nitrogens with one attached hydrogen (secondary N) is 1. The molecule has 0 fully saturated rings. The summed E-state index contributed by atoms with van der Waals surface area (Å²) in [6.07, 6.45) is 2.51. The second kappa shape index (κ2) is 4.10. The van der Waals surface area contributed by atoms with Crippen molar-refractivity contribution in [3.8, 4) is 0 Å². The Morgan fingerprint density at radius 3 is 2.81 bits per heavy atom. The van der Waals surface area contributed by atoms with Gasteiger partial charge in [0.15, 0.2) is 0 Å². The molecule has 1 atom stereocenters. The maximum absolute atomic E-state index is 9.50. The third-order valence-corrected chi connectivity index (χ3v) is 2.91. The minimum absolute atomic E-state index is 0.329. The molecule has 1 unspecified atom stereocenters. The summed E-state index contributed by atoms with van der Waals surface area (Å²) in [5.41, 5.74) is 4.16. The van der Waals surface area contributed by atoms with Crippen LogP contribution in [-0.2, 0) is 12.8 Å². The van der Waals surface area contributed by atoms with Crippen LogP contribution in [0.25, 0.3) is 0 Å².